The molecule has 0 saturated carbocycles. The number of methoxy groups -OCH3 is 1. The second-order valence-electron chi connectivity index (χ2n) is 3.29. The molecule has 0 spiro atoms. The molecule has 17 heavy (non-hydrogen) atoms. The molecular weight excluding hydrogens is 241 g/mol. The van der Waals surface area contributed by atoms with E-state index >= 15 is 0 Å². The highest BCUT2D eigenvalue weighted by Gasteiger charge is 2.05. The van der Waals surface area contributed by atoms with E-state index in [1.807, 2.05) is 6.07 Å². The van der Waals surface area contributed by atoms with Crippen LogP contribution >= 0.6 is 11.8 Å². The lowest BCUT2D eigenvalue weighted by Gasteiger charge is -2.04. The van der Waals surface area contributed by atoms with Gasteiger partial charge in [-0.05, 0) is 23.8 Å². The zero-order valence-electron chi connectivity index (χ0n) is 9.40. The van der Waals surface area contributed by atoms with Gasteiger partial charge in [0.1, 0.15) is 5.82 Å². The molecule has 5 heteroatoms. The van der Waals surface area contributed by atoms with E-state index in [-0.39, 0.29) is 11.8 Å². The molecule has 0 saturated heterocycles. The van der Waals surface area contributed by atoms with Gasteiger partial charge in [0.25, 0.3) is 0 Å². The van der Waals surface area contributed by atoms with Crippen LogP contribution in [0.3, 0.4) is 0 Å². The van der Waals surface area contributed by atoms with Crippen LogP contribution in [0.15, 0.2) is 18.2 Å². The van der Waals surface area contributed by atoms with Gasteiger partial charge in [0.2, 0.25) is 0 Å². The summed E-state index contributed by atoms with van der Waals surface area (Å²) in [7, 11) is 1.34. The molecule has 1 rings (SSSR count). The fraction of sp³-hybridized carbons (Fsp3) is 0.333. The fourth-order valence-electron chi connectivity index (χ4n) is 1.23. The number of hydrogen-bond acceptors (Lipinski definition) is 4. The second-order valence-corrected chi connectivity index (χ2v) is 4.40. The van der Waals surface area contributed by atoms with Gasteiger partial charge in [0.05, 0.1) is 25.2 Å². The van der Waals surface area contributed by atoms with Gasteiger partial charge in [-0.25, -0.2) is 4.39 Å². The minimum absolute atomic E-state index is 0.266. The first-order chi connectivity index (χ1) is 8.17. The monoisotopic (exact) mass is 253 g/mol. The number of carbonyl (C=O) groups excluding carboxylic acids is 1. The highest BCUT2D eigenvalue weighted by molar-refractivity contribution is 7.98. The number of carbonyl (C=O) groups is 1. The summed E-state index contributed by atoms with van der Waals surface area (Å²) in [5.74, 6) is 0.482. The maximum absolute atomic E-state index is 13.0. The number of thioether (sulfide) groups is 1. The third-order valence-corrected chi connectivity index (χ3v) is 3.13. The van der Waals surface area contributed by atoms with Crippen molar-refractivity contribution in [2.75, 3.05) is 12.9 Å². The van der Waals surface area contributed by atoms with E-state index in [1.165, 1.54) is 37.1 Å². The van der Waals surface area contributed by atoms with Crippen molar-refractivity contribution >= 4 is 17.7 Å². The van der Waals surface area contributed by atoms with E-state index in [4.69, 9.17) is 5.26 Å². The number of ether oxygens (including phenoxy) is 1. The van der Waals surface area contributed by atoms with E-state index in [0.29, 0.717) is 29.1 Å². The summed E-state index contributed by atoms with van der Waals surface area (Å²) in [6, 6.07) is 6.09. The molecule has 0 bridgehead atoms. The van der Waals surface area contributed by atoms with Crippen molar-refractivity contribution in [1.29, 1.82) is 5.26 Å². The summed E-state index contributed by atoms with van der Waals surface area (Å²) in [6.45, 7) is 0. The SMILES string of the molecule is COC(=O)CCSCc1cc(F)ccc1C#N. The Hall–Kier alpha value is -1.54. The molecule has 0 atom stereocenters. The molecule has 0 aliphatic carbocycles. The van der Waals surface area contributed by atoms with E-state index < -0.39 is 0 Å². The quantitative estimate of drug-likeness (QED) is 0.597. The first-order valence-corrected chi connectivity index (χ1v) is 6.16. The van der Waals surface area contributed by atoms with Crippen LogP contribution in [0.4, 0.5) is 4.39 Å². The van der Waals surface area contributed by atoms with Crippen molar-refractivity contribution in [1.82, 2.24) is 0 Å². The lowest BCUT2D eigenvalue weighted by molar-refractivity contribution is -0.140. The molecule has 1 aromatic rings. The number of hydrogen-bond donors (Lipinski definition) is 0. The number of nitriles is 1. The smallest absolute Gasteiger partial charge is 0.306 e. The Labute approximate surface area is 104 Å². The average molecular weight is 253 g/mol. The maximum atomic E-state index is 13.0. The van der Waals surface area contributed by atoms with Crippen molar-refractivity contribution in [3.8, 4) is 6.07 Å². The van der Waals surface area contributed by atoms with Crippen LogP contribution in [0, 0.1) is 17.1 Å². The summed E-state index contributed by atoms with van der Waals surface area (Å²) in [5.41, 5.74) is 1.12. The Kier molecular flexibility index (Phi) is 5.50. The lowest BCUT2D eigenvalue weighted by atomic mass is 10.1. The highest BCUT2D eigenvalue weighted by Crippen LogP contribution is 2.18. The van der Waals surface area contributed by atoms with E-state index in [9.17, 15) is 9.18 Å². The minimum Gasteiger partial charge on any atom is -0.469 e. The molecule has 0 aliphatic rings. The summed E-state index contributed by atoms with van der Waals surface area (Å²) in [4.78, 5) is 10.9. The van der Waals surface area contributed by atoms with Crippen molar-refractivity contribution in [2.45, 2.75) is 12.2 Å². The number of rotatable bonds is 5. The van der Waals surface area contributed by atoms with Gasteiger partial charge in [0.15, 0.2) is 0 Å². The molecule has 90 valence electrons. The van der Waals surface area contributed by atoms with Crippen molar-refractivity contribution in [3.63, 3.8) is 0 Å². The molecule has 0 N–H and O–H groups in total. The van der Waals surface area contributed by atoms with Crippen LogP contribution in [-0.2, 0) is 15.3 Å². The summed E-state index contributed by atoms with van der Waals surface area (Å²) in [6.07, 6.45) is 0.318. The number of benzene rings is 1. The van der Waals surface area contributed by atoms with Crippen LogP contribution in [-0.4, -0.2) is 18.8 Å². The Bertz CT molecular complexity index is 443. The van der Waals surface area contributed by atoms with Gasteiger partial charge < -0.3 is 4.74 Å². The minimum atomic E-state index is -0.354. The van der Waals surface area contributed by atoms with Crippen molar-refractivity contribution in [2.24, 2.45) is 0 Å². The number of halogens is 1. The standard InChI is InChI=1S/C12H12FNO2S/c1-16-12(15)4-5-17-8-10-6-11(13)3-2-9(10)7-14/h2-3,6H,4-5,8H2,1H3. The first-order valence-electron chi connectivity index (χ1n) is 5.00. The molecule has 0 unspecified atom stereocenters. The summed E-state index contributed by atoms with van der Waals surface area (Å²) < 4.78 is 17.5. The average Bonchev–Trinajstić information content (AvgIpc) is 2.34. The van der Waals surface area contributed by atoms with Gasteiger partial charge in [-0.1, -0.05) is 0 Å². The third kappa shape index (κ3) is 4.45. The zero-order chi connectivity index (χ0) is 12.7. The lowest BCUT2D eigenvalue weighted by Crippen LogP contribution is -2.01. The van der Waals surface area contributed by atoms with Gasteiger partial charge >= 0.3 is 5.97 Å². The number of esters is 1. The molecule has 0 aromatic heterocycles. The highest BCUT2D eigenvalue weighted by atomic mass is 32.2. The maximum Gasteiger partial charge on any atom is 0.306 e. The summed E-state index contributed by atoms with van der Waals surface area (Å²) >= 11 is 1.47. The first kappa shape index (κ1) is 13.5. The van der Waals surface area contributed by atoms with E-state index in [0.717, 1.165) is 0 Å². The molecule has 0 heterocycles. The topological polar surface area (TPSA) is 50.1 Å². The Morgan fingerprint density at radius 1 is 1.59 bits per heavy atom. The molecule has 0 radical (unpaired) electrons. The zero-order valence-corrected chi connectivity index (χ0v) is 10.2. The number of nitrogens with zero attached hydrogens (tertiary/aromatic N) is 1. The van der Waals surface area contributed by atoms with Gasteiger partial charge in [0, 0.05) is 11.5 Å². The molecular formula is C12H12FNO2S. The Morgan fingerprint density at radius 3 is 3.00 bits per heavy atom. The van der Waals surface area contributed by atoms with Gasteiger partial charge in [-0.2, -0.15) is 17.0 Å². The Balaban J connectivity index is 2.49. The second kappa shape index (κ2) is 6.92. The van der Waals surface area contributed by atoms with E-state index in [1.54, 1.807) is 0 Å². The molecule has 0 amide bonds. The van der Waals surface area contributed by atoms with Crippen LogP contribution in [0.25, 0.3) is 0 Å². The summed E-state index contributed by atoms with van der Waals surface area (Å²) in [5, 5.41) is 8.84. The fourth-order valence-corrected chi connectivity index (χ4v) is 2.14. The van der Waals surface area contributed by atoms with E-state index in [2.05, 4.69) is 4.74 Å². The predicted molar refractivity (Wildman–Crippen MR) is 63.9 cm³/mol. The van der Waals surface area contributed by atoms with Crippen molar-refractivity contribution < 1.29 is 13.9 Å². The third-order valence-electron chi connectivity index (χ3n) is 2.12. The molecule has 3 nitrogen and oxygen atoms in total. The van der Waals surface area contributed by atoms with Gasteiger partial charge in [-0.3, -0.25) is 4.79 Å². The largest absolute Gasteiger partial charge is 0.469 e. The van der Waals surface area contributed by atoms with Crippen LogP contribution in [0.1, 0.15) is 17.5 Å². The van der Waals surface area contributed by atoms with Gasteiger partial charge in [-0.15, -0.1) is 0 Å². The molecule has 0 aliphatic heterocycles. The van der Waals surface area contributed by atoms with Crippen molar-refractivity contribution in [3.05, 3.63) is 35.1 Å². The predicted octanol–water partition coefficient (Wildman–Crippen LogP) is 2.49. The normalized spacial score (nSPS) is 9.71. The molecule has 1 aromatic carbocycles. The Morgan fingerprint density at radius 2 is 2.35 bits per heavy atom. The van der Waals surface area contributed by atoms with Crippen LogP contribution in [0.5, 0.6) is 0 Å². The van der Waals surface area contributed by atoms with Crippen LogP contribution < -0.4 is 0 Å². The van der Waals surface area contributed by atoms with Crippen LogP contribution in [0.2, 0.25) is 0 Å². The molecule has 0 fully saturated rings.